The predicted octanol–water partition coefficient (Wildman–Crippen LogP) is 2.96. The third-order valence-corrected chi connectivity index (χ3v) is 4.23. The molecule has 0 saturated heterocycles. The number of carbonyl (C=O) groups excluding carboxylic acids is 1. The van der Waals surface area contributed by atoms with Crippen molar-refractivity contribution >= 4 is 34.5 Å². The van der Waals surface area contributed by atoms with Gasteiger partial charge in [0.25, 0.3) is 0 Å². The molecule has 0 radical (unpaired) electrons. The number of nitrogens with zero attached hydrogens (tertiary/aromatic N) is 1. The number of aliphatic hydroxyl groups excluding tert-OH is 1. The quantitative estimate of drug-likeness (QED) is 0.859. The molecule has 1 amide bonds. The number of likely N-dealkylation sites (N-methyl/N-ethyl adjacent to an activating group) is 1. The molecule has 112 valence electrons. The molecular formula is C15H17ClN2O2S. The van der Waals surface area contributed by atoms with Gasteiger partial charge in [-0.3, -0.25) is 4.79 Å². The Labute approximate surface area is 133 Å². The molecule has 1 heterocycles. The number of hydrogen-bond donors (Lipinski definition) is 2. The zero-order valence-corrected chi connectivity index (χ0v) is 13.2. The minimum Gasteiger partial charge on any atom is -0.392 e. The van der Waals surface area contributed by atoms with Crippen LogP contribution in [0.5, 0.6) is 0 Å². The fourth-order valence-corrected chi connectivity index (χ4v) is 2.78. The lowest BCUT2D eigenvalue weighted by Gasteiger charge is -2.17. The number of anilines is 1. The van der Waals surface area contributed by atoms with E-state index in [1.165, 1.54) is 0 Å². The molecule has 0 atom stereocenters. The van der Waals surface area contributed by atoms with Crippen LogP contribution in [0.25, 0.3) is 0 Å². The first-order valence-corrected chi connectivity index (χ1v) is 7.75. The van der Waals surface area contributed by atoms with E-state index < -0.39 is 0 Å². The number of thiophene rings is 1. The van der Waals surface area contributed by atoms with Gasteiger partial charge >= 0.3 is 0 Å². The lowest BCUT2D eigenvalue weighted by molar-refractivity contribution is -0.128. The summed E-state index contributed by atoms with van der Waals surface area (Å²) < 4.78 is 0. The number of carbonyl (C=O) groups is 1. The largest absolute Gasteiger partial charge is 0.392 e. The zero-order chi connectivity index (χ0) is 15.2. The Bertz CT molecular complexity index is 602. The van der Waals surface area contributed by atoms with Gasteiger partial charge in [0.15, 0.2) is 0 Å². The summed E-state index contributed by atoms with van der Waals surface area (Å²) in [5.74, 6) is -0.0196. The smallest absolute Gasteiger partial charge is 0.241 e. The van der Waals surface area contributed by atoms with E-state index in [1.807, 2.05) is 17.5 Å². The molecule has 0 saturated carbocycles. The van der Waals surface area contributed by atoms with E-state index in [0.717, 1.165) is 10.4 Å². The van der Waals surface area contributed by atoms with Gasteiger partial charge in [0.05, 0.1) is 30.4 Å². The van der Waals surface area contributed by atoms with Crippen LogP contribution in [0.1, 0.15) is 10.4 Å². The molecule has 21 heavy (non-hydrogen) atoms. The first kappa shape index (κ1) is 15.8. The standard InChI is InChI=1S/C15H17ClN2O2S/c1-18(9-12-3-2-6-21-12)15(20)8-17-14-7-11(10-19)4-5-13(14)16/h2-7,17,19H,8-10H2,1H3. The molecule has 2 N–H and O–H groups in total. The summed E-state index contributed by atoms with van der Waals surface area (Å²) in [6.45, 7) is 0.706. The minimum atomic E-state index is -0.0575. The molecule has 0 aliphatic heterocycles. The Balaban J connectivity index is 1.91. The van der Waals surface area contributed by atoms with Gasteiger partial charge in [0.2, 0.25) is 5.91 Å². The Morgan fingerprint density at radius 1 is 1.43 bits per heavy atom. The second-order valence-corrected chi connectivity index (χ2v) is 6.09. The molecule has 2 rings (SSSR count). The molecule has 0 unspecified atom stereocenters. The van der Waals surface area contributed by atoms with Crippen molar-refractivity contribution in [2.75, 3.05) is 18.9 Å². The lowest BCUT2D eigenvalue weighted by atomic mass is 10.2. The lowest BCUT2D eigenvalue weighted by Crippen LogP contribution is -2.31. The van der Waals surface area contributed by atoms with Gasteiger partial charge in [-0.15, -0.1) is 11.3 Å². The van der Waals surface area contributed by atoms with E-state index in [0.29, 0.717) is 17.3 Å². The number of halogens is 1. The van der Waals surface area contributed by atoms with E-state index in [1.54, 1.807) is 41.5 Å². The third-order valence-electron chi connectivity index (χ3n) is 3.04. The fourth-order valence-electron chi connectivity index (χ4n) is 1.84. The van der Waals surface area contributed by atoms with Crippen molar-refractivity contribution in [2.45, 2.75) is 13.2 Å². The first-order chi connectivity index (χ1) is 10.1. The number of hydrogen-bond acceptors (Lipinski definition) is 4. The first-order valence-electron chi connectivity index (χ1n) is 6.49. The summed E-state index contributed by atoms with van der Waals surface area (Å²) in [5, 5.41) is 14.7. The van der Waals surface area contributed by atoms with Crippen LogP contribution in [0.4, 0.5) is 5.69 Å². The van der Waals surface area contributed by atoms with Crippen LogP contribution in [-0.4, -0.2) is 29.5 Å². The van der Waals surface area contributed by atoms with Crippen LogP contribution < -0.4 is 5.32 Å². The van der Waals surface area contributed by atoms with Gasteiger partial charge < -0.3 is 15.3 Å². The van der Waals surface area contributed by atoms with Gasteiger partial charge in [0, 0.05) is 11.9 Å². The maximum atomic E-state index is 12.1. The molecule has 1 aromatic heterocycles. The normalized spacial score (nSPS) is 10.4. The number of rotatable bonds is 6. The summed E-state index contributed by atoms with van der Waals surface area (Å²) in [4.78, 5) is 14.9. The highest BCUT2D eigenvalue weighted by Crippen LogP contribution is 2.23. The van der Waals surface area contributed by atoms with E-state index in [-0.39, 0.29) is 19.1 Å². The summed E-state index contributed by atoms with van der Waals surface area (Å²) in [7, 11) is 1.77. The third kappa shape index (κ3) is 4.46. The van der Waals surface area contributed by atoms with Gasteiger partial charge in [-0.1, -0.05) is 23.7 Å². The van der Waals surface area contributed by atoms with Crippen LogP contribution in [0.15, 0.2) is 35.7 Å². The Kier molecular flexibility index (Phi) is 5.61. The molecule has 0 bridgehead atoms. The number of aliphatic hydroxyl groups is 1. The van der Waals surface area contributed by atoms with Crippen LogP contribution >= 0.6 is 22.9 Å². The molecule has 4 nitrogen and oxygen atoms in total. The molecule has 0 aliphatic rings. The molecule has 0 aliphatic carbocycles. The van der Waals surface area contributed by atoms with Crippen LogP contribution in [0.2, 0.25) is 5.02 Å². The van der Waals surface area contributed by atoms with Crippen LogP contribution in [-0.2, 0) is 17.9 Å². The van der Waals surface area contributed by atoms with E-state index in [4.69, 9.17) is 16.7 Å². The Morgan fingerprint density at radius 3 is 2.90 bits per heavy atom. The summed E-state index contributed by atoms with van der Waals surface area (Å²) in [6.07, 6.45) is 0. The van der Waals surface area contributed by atoms with E-state index in [9.17, 15) is 4.79 Å². The molecule has 6 heteroatoms. The summed E-state index contributed by atoms with van der Waals surface area (Å²) in [6, 6.07) is 9.17. The Hall–Kier alpha value is -1.56. The van der Waals surface area contributed by atoms with E-state index >= 15 is 0 Å². The number of amides is 1. The van der Waals surface area contributed by atoms with E-state index in [2.05, 4.69) is 5.32 Å². The molecule has 2 aromatic rings. The summed E-state index contributed by atoms with van der Waals surface area (Å²) >= 11 is 7.69. The highest BCUT2D eigenvalue weighted by atomic mass is 35.5. The average molecular weight is 325 g/mol. The van der Waals surface area contributed by atoms with Gasteiger partial charge in [-0.05, 0) is 29.1 Å². The second kappa shape index (κ2) is 7.45. The van der Waals surface area contributed by atoms with Gasteiger partial charge in [-0.25, -0.2) is 0 Å². The minimum absolute atomic E-state index is 0.0196. The van der Waals surface area contributed by atoms with Crippen LogP contribution in [0, 0.1) is 0 Å². The monoisotopic (exact) mass is 324 g/mol. The van der Waals surface area contributed by atoms with Gasteiger partial charge in [-0.2, -0.15) is 0 Å². The highest BCUT2D eigenvalue weighted by molar-refractivity contribution is 7.09. The highest BCUT2D eigenvalue weighted by Gasteiger charge is 2.10. The fraction of sp³-hybridized carbons (Fsp3) is 0.267. The van der Waals surface area contributed by atoms with Crippen molar-refractivity contribution < 1.29 is 9.90 Å². The summed E-state index contributed by atoms with van der Waals surface area (Å²) in [5.41, 5.74) is 1.40. The molecule has 1 aromatic carbocycles. The van der Waals surface area contributed by atoms with Crippen molar-refractivity contribution in [3.8, 4) is 0 Å². The van der Waals surface area contributed by atoms with Crippen molar-refractivity contribution in [2.24, 2.45) is 0 Å². The Morgan fingerprint density at radius 2 is 2.24 bits per heavy atom. The second-order valence-electron chi connectivity index (χ2n) is 4.66. The van der Waals surface area contributed by atoms with Crippen molar-refractivity contribution in [3.63, 3.8) is 0 Å². The molecule has 0 fully saturated rings. The number of benzene rings is 1. The number of nitrogens with one attached hydrogen (secondary N) is 1. The average Bonchev–Trinajstić information content (AvgIpc) is 2.99. The van der Waals surface area contributed by atoms with Crippen molar-refractivity contribution in [3.05, 3.63) is 51.2 Å². The van der Waals surface area contributed by atoms with Gasteiger partial charge in [0.1, 0.15) is 0 Å². The molecular weight excluding hydrogens is 308 g/mol. The zero-order valence-electron chi connectivity index (χ0n) is 11.7. The van der Waals surface area contributed by atoms with Crippen LogP contribution in [0.3, 0.4) is 0 Å². The molecule has 0 spiro atoms. The van der Waals surface area contributed by atoms with Crippen molar-refractivity contribution in [1.82, 2.24) is 4.90 Å². The SMILES string of the molecule is CN(Cc1cccs1)C(=O)CNc1cc(CO)ccc1Cl. The van der Waals surface area contributed by atoms with Crippen molar-refractivity contribution in [1.29, 1.82) is 0 Å². The topological polar surface area (TPSA) is 52.6 Å². The maximum absolute atomic E-state index is 12.1. The maximum Gasteiger partial charge on any atom is 0.241 e. The predicted molar refractivity (Wildman–Crippen MR) is 86.7 cm³/mol.